The van der Waals surface area contributed by atoms with E-state index in [0.717, 1.165) is 17.3 Å². The second-order valence-electron chi connectivity index (χ2n) is 8.62. The molecule has 1 fully saturated rings. The number of anilines is 1. The lowest BCUT2D eigenvalue weighted by Crippen LogP contribution is -2.29. The van der Waals surface area contributed by atoms with Crippen LogP contribution in [0.4, 0.5) is 5.82 Å². The summed E-state index contributed by atoms with van der Waals surface area (Å²) in [6, 6.07) is 7.64. The summed E-state index contributed by atoms with van der Waals surface area (Å²) in [5, 5.41) is 22.0. The zero-order valence-corrected chi connectivity index (χ0v) is 23.8. The zero-order chi connectivity index (χ0) is 28.7. The number of carboxylic acids is 1. The van der Waals surface area contributed by atoms with E-state index in [-0.39, 0.29) is 30.9 Å². The predicted octanol–water partition coefficient (Wildman–Crippen LogP) is 3.79. The standard InChI is InChI=1S/C27H30N4O6S2/c1-5-30-24(29-11-10-17-8-9-20(36-3)21(13-17)37-4)18(16(2)19(15-28)25(30)34)14-22-26(35)31(27(38)39-22)12-6-7-23(32)33/h8-9,13-14,29H,5-7,10-12H2,1-4H3,(H,32,33)/b22-14+. The normalized spacial score (nSPS) is 14.0. The van der Waals surface area contributed by atoms with Gasteiger partial charge in [-0.3, -0.25) is 23.9 Å². The van der Waals surface area contributed by atoms with Crippen molar-refractivity contribution in [2.45, 2.75) is 39.7 Å². The van der Waals surface area contributed by atoms with E-state index in [2.05, 4.69) is 5.32 Å². The molecule has 0 radical (unpaired) electrons. The Morgan fingerprint density at radius 2 is 1.97 bits per heavy atom. The average molecular weight is 571 g/mol. The third-order valence-corrected chi connectivity index (χ3v) is 7.64. The maximum Gasteiger partial charge on any atom is 0.303 e. The van der Waals surface area contributed by atoms with Gasteiger partial charge in [0.15, 0.2) is 11.5 Å². The zero-order valence-electron chi connectivity index (χ0n) is 22.2. The van der Waals surface area contributed by atoms with E-state index in [1.807, 2.05) is 31.2 Å². The van der Waals surface area contributed by atoms with Crippen LogP contribution in [0, 0.1) is 18.3 Å². The molecule has 0 unspecified atom stereocenters. The summed E-state index contributed by atoms with van der Waals surface area (Å²) < 4.78 is 12.5. The van der Waals surface area contributed by atoms with Crippen LogP contribution in [0.25, 0.3) is 6.08 Å². The number of rotatable bonds is 12. The van der Waals surface area contributed by atoms with Crippen LogP contribution in [-0.4, -0.2) is 58.1 Å². The number of hydrogen-bond acceptors (Lipinski definition) is 9. The van der Waals surface area contributed by atoms with Gasteiger partial charge in [-0.25, -0.2) is 0 Å². The van der Waals surface area contributed by atoms with Gasteiger partial charge in [0.05, 0.1) is 19.1 Å². The number of aliphatic carboxylic acids is 1. The van der Waals surface area contributed by atoms with Crippen LogP contribution in [0.2, 0.25) is 0 Å². The minimum absolute atomic E-state index is 0.00507. The maximum absolute atomic E-state index is 13.1. The van der Waals surface area contributed by atoms with Crippen LogP contribution in [0.3, 0.4) is 0 Å². The molecule has 2 N–H and O–H groups in total. The molecule has 3 rings (SSSR count). The minimum Gasteiger partial charge on any atom is -0.493 e. The number of carboxylic acid groups (broad SMARTS) is 1. The van der Waals surface area contributed by atoms with E-state index in [1.54, 1.807) is 27.2 Å². The molecule has 1 aliphatic rings. The molecule has 1 aromatic heterocycles. The molecule has 2 heterocycles. The number of ether oxygens (including phenoxy) is 2. The van der Waals surface area contributed by atoms with E-state index in [9.17, 15) is 19.6 Å². The lowest BCUT2D eigenvalue weighted by molar-refractivity contribution is -0.137. The SMILES string of the molecule is CCn1c(NCCc2ccc(OC)c(OC)c2)c(/C=C2/SC(=S)N(CCCC(=O)O)C2=O)c(C)c(C#N)c1=O. The Labute approximate surface area is 236 Å². The second kappa shape index (κ2) is 13.3. The molecule has 206 valence electrons. The Bertz CT molecular complexity index is 1430. The molecular weight excluding hydrogens is 540 g/mol. The van der Waals surface area contributed by atoms with Gasteiger partial charge in [-0.05, 0) is 56.0 Å². The van der Waals surface area contributed by atoms with Gasteiger partial charge in [-0.2, -0.15) is 5.26 Å². The summed E-state index contributed by atoms with van der Waals surface area (Å²) >= 11 is 6.48. The third kappa shape index (κ3) is 6.61. The van der Waals surface area contributed by atoms with Crippen molar-refractivity contribution in [3.63, 3.8) is 0 Å². The Hall–Kier alpha value is -3.82. The first-order valence-corrected chi connectivity index (χ1v) is 13.5. The quantitative estimate of drug-likeness (QED) is 0.287. The number of nitriles is 1. The highest BCUT2D eigenvalue weighted by Gasteiger charge is 2.32. The van der Waals surface area contributed by atoms with Crippen LogP contribution >= 0.6 is 24.0 Å². The van der Waals surface area contributed by atoms with Gasteiger partial charge in [0, 0.05) is 31.6 Å². The van der Waals surface area contributed by atoms with Crippen molar-refractivity contribution in [3.05, 3.63) is 55.7 Å². The maximum atomic E-state index is 13.1. The average Bonchev–Trinajstić information content (AvgIpc) is 3.18. The number of carbonyl (C=O) groups excluding carboxylic acids is 1. The topological polar surface area (TPSA) is 134 Å². The van der Waals surface area contributed by atoms with Gasteiger partial charge in [0.1, 0.15) is 21.8 Å². The van der Waals surface area contributed by atoms with Crippen molar-refractivity contribution in [1.82, 2.24) is 9.47 Å². The fraction of sp³-hybridized carbons (Fsp3) is 0.370. The molecule has 1 amide bonds. The van der Waals surface area contributed by atoms with Crippen molar-refractivity contribution in [2.24, 2.45) is 0 Å². The van der Waals surface area contributed by atoms with Crippen molar-refractivity contribution in [1.29, 1.82) is 5.26 Å². The molecule has 2 aromatic rings. The molecule has 0 aliphatic carbocycles. The number of benzene rings is 1. The molecule has 0 spiro atoms. The van der Waals surface area contributed by atoms with Crippen LogP contribution in [-0.2, 0) is 22.6 Å². The first-order valence-electron chi connectivity index (χ1n) is 12.3. The number of methoxy groups -OCH3 is 2. The molecule has 0 atom stereocenters. The first-order chi connectivity index (χ1) is 18.7. The number of aromatic nitrogens is 1. The van der Waals surface area contributed by atoms with Crippen LogP contribution < -0.4 is 20.3 Å². The van der Waals surface area contributed by atoms with E-state index in [1.165, 1.54) is 9.47 Å². The fourth-order valence-corrected chi connectivity index (χ4v) is 5.52. The molecule has 12 heteroatoms. The highest BCUT2D eigenvalue weighted by Crippen LogP contribution is 2.35. The summed E-state index contributed by atoms with van der Waals surface area (Å²) in [6.07, 6.45) is 2.45. The lowest BCUT2D eigenvalue weighted by atomic mass is 10.0. The number of hydrogen-bond donors (Lipinski definition) is 2. The van der Waals surface area contributed by atoms with Crippen LogP contribution in [0.1, 0.15) is 42.0 Å². The fourth-order valence-electron chi connectivity index (χ4n) is 4.23. The Morgan fingerprint density at radius 3 is 2.59 bits per heavy atom. The summed E-state index contributed by atoms with van der Waals surface area (Å²) in [5.41, 5.74) is 1.58. The summed E-state index contributed by atoms with van der Waals surface area (Å²) in [6.45, 7) is 4.45. The van der Waals surface area contributed by atoms with Gasteiger partial charge < -0.3 is 19.9 Å². The largest absolute Gasteiger partial charge is 0.493 e. The van der Waals surface area contributed by atoms with Crippen LogP contribution in [0.15, 0.2) is 27.9 Å². The molecule has 10 nitrogen and oxygen atoms in total. The number of thiocarbonyl (C=S) groups is 1. The number of thioether (sulfide) groups is 1. The van der Waals surface area contributed by atoms with E-state index < -0.39 is 11.5 Å². The van der Waals surface area contributed by atoms with Gasteiger partial charge in [-0.15, -0.1) is 0 Å². The number of carbonyl (C=O) groups is 2. The minimum atomic E-state index is -0.943. The van der Waals surface area contributed by atoms with Crippen molar-refractivity contribution in [3.8, 4) is 17.6 Å². The van der Waals surface area contributed by atoms with Crippen molar-refractivity contribution < 1.29 is 24.2 Å². The number of nitrogens with one attached hydrogen (secondary N) is 1. The highest BCUT2D eigenvalue weighted by atomic mass is 32.2. The molecule has 0 bridgehead atoms. The smallest absolute Gasteiger partial charge is 0.303 e. The summed E-state index contributed by atoms with van der Waals surface area (Å²) in [4.78, 5) is 38.8. The van der Waals surface area contributed by atoms with Crippen molar-refractivity contribution >= 4 is 52.1 Å². The van der Waals surface area contributed by atoms with Gasteiger partial charge >= 0.3 is 5.97 Å². The highest BCUT2D eigenvalue weighted by molar-refractivity contribution is 8.26. The van der Waals surface area contributed by atoms with Gasteiger partial charge in [0.2, 0.25) is 0 Å². The Morgan fingerprint density at radius 1 is 1.26 bits per heavy atom. The monoisotopic (exact) mass is 570 g/mol. The van der Waals surface area contributed by atoms with Gasteiger partial charge in [-0.1, -0.05) is 30.0 Å². The number of pyridine rings is 1. The molecule has 39 heavy (non-hydrogen) atoms. The van der Waals surface area contributed by atoms with E-state index >= 15 is 0 Å². The molecule has 0 saturated carbocycles. The molecule has 1 aliphatic heterocycles. The van der Waals surface area contributed by atoms with Crippen molar-refractivity contribution in [2.75, 3.05) is 32.6 Å². The van der Waals surface area contributed by atoms with E-state index in [4.69, 9.17) is 26.8 Å². The first kappa shape index (κ1) is 29.7. The third-order valence-electron chi connectivity index (χ3n) is 6.27. The Balaban J connectivity index is 1.96. The molecule has 1 aromatic carbocycles. The summed E-state index contributed by atoms with van der Waals surface area (Å²) in [5.74, 6) is 0.454. The van der Waals surface area contributed by atoms with Crippen LogP contribution in [0.5, 0.6) is 11.5 Å². The molecular formula is C27H30N4O6S2. The van der Waals surface area contributed by atoms with E-state index in [0.29, 0.717) is 57.2 Å². The number of amides is 1. The second-order valence-corrected chi connectivity index (χ2v) is 10.3. The summed E-state index contributed by atoms with van der Waals surface area (Å²) in [7, 11) is 3.14. The predicted molar refractivity (Wildman–Crippen MR) is 154 cm³/mol. The molecule has 1 saturated heterocycles. The lowest BCUT2D eigenvalue weighted by Gasteiger charge is -2.19. The Kier molecular flexibility index (Phi) is 10.1. The number of nitrogens with zero attached hydrogens (tertiary/aromatic N) is 3. The van der Waals surface area contributed by atoms with Gasteiger partial charge in [0.25, 0.3) is 11.5 Å².